The Kier molecular flexibility index (Phi) is 3.14. The van der Waals surface area contributed by atoms with Gasteiger partial charge in [0.2, 0.25) is 17.4 Å². The number of halogens is 4. The highest BCUT2D eigenvalue weighted by Gasteiger charge is 2.29. The average Bonchev–Trinajstić information content (AvgIpc) is 2.27. The number of carbonyl (C=O) groups excluding carboxylic acids is 1. The third kappa shape index (κ3) is 1.89. The summed E-state index contributed by atoms with van der Waals surface area (Å²) in [6.45, 7) is 1.66. The van der Waals surface area contributed by atoms with Gasteiger partial charge < -0.3 is 9.64 Å². The number of carbonyl (C=O) groups is 1. The summed E-state index contributed by atoms with van der Waals surface area (Å²) in [7, 11) is 0. The lowest BCUT2D eigenvalue weighted by atomic mass is 10.2. The van der Waals surface area contributed by atoms with Crippen molar-refractivity contribution < 1.29 is 27.1 Å². The van der Waals surface area contributed by atoms with Crippen LogP contribution in [0.15, 0.2) is 0 Å². The van der Waals surface area contributed by atoms with Crippen LogP contribution in [0.3, 0.4) is 0 Å². The number of hydrogen-bond donors (Lipinski definition) is 0. The Morgan fingerprint density at radius 1 is 1.06 bits per heavy atom. The van der Waals surface area contributed by atoms with Gasteiger partial charge in [0.05, 0.1) is 0 Å². The lowest BCUT2D eigenvalue weighted by molar-refractivity contribution is 0.121. The molecular weight excluding hydrogens is 254 g/mol. The second-order valence-electron chi connectivity index (χ2n) is 3.92. The van der Waals surface area contributed by atoms with E-state index in [4.69, 9.17) is 0 Å². The van der Waals surface area contributed by atoms with Crippen LogP contribution >= 0.6 is 0 Å². The van der Waals surface area contributed by atoms with Crippen molar-refractivity contribution in [3.63, 3.8) is 0 Å². The molecule has 1 amide bonds. The molecule has 98 valence electrons. The summed E-state index contributed by atoms with van der Waals surface area (Å²) >= 11 is 0. The molecule has 0 unspecified atom stereocenters. The topological polar surface area (TPSA) is 29.5 Å². The number of ether oxygens (including phenoxy) is 1. The molecule has 0 atom stereocenters. The molecule has 1 aliphatic heterocycles. The van der Waals surface area contributed by atoms with Crippen LogP contribution in [0.2, 0.25) is 0 Å². The van der Waals surface area contributed by atoms with E-state index in [1.54, 1.807) is 0 Å². The van der Waals surface area contributed by atoms with Gasteiger partial charge in [-0.3, -0.25) is 0 Å². The fourth-order valence-corrected chi connectivity index (χ4v) is 1.46. The van der Waals surface area contributed by atoms with E-state index in [9.17, 15) is 22.4 Å². The molecule has 7 heteroatoms. The Morgan fingerprint density at radius 3 is 1.94 bits per heavy atom. The maximum atomic E-state index is 13.4. The number of rotatable bonds is 1. The molecule has 0 aliphatic carbocycles. The fraction of sp³-hybridized carbons (Fsp3) is 0.364. The molecule has 0 radical (unpaired) electrons. The van der Waals surface area contributed by atoms with Crippen molar-refractivity contribution in [1.82, 2.24) is 4.90 Å². The molecule has 2 rings (SSSR count). The third-order valence-corrected chi connectivity index (χ3v) is 2.75. The minimum atomic E-state index is -1.71. The molecule has 1 saturated heterocycles. The average molecular weight is 263 g/mol. The van der Waals surface area contributed by atoms with E-state index in [0.29, 0.717) is 13.1 Å². The van der Waals surface area contributed by atoms with Crippen molar-refractivity contribution in [1.29, 1.82) is 0 Å². The second-order valence-corrected chi connectivity index (χ2v) is 3.92. The zero-order chi connectivity index (χ0) is 13.4. The van der Waals surface area contributed by atoms with E-state index in [1.807, 2.05) is 0 Å². The van der Waals surface area contributed by atoms with E-state index < -0.39 is 40.7 Å². The van der Waals surface area contributed by atoms with Gasteiger partial charge in [-0.05, 0) is 13.3 Å². The molecule has 1 heterocycles. The summed E-state index contributed by atoms with van der Waals surface area (Å²) in [6.07, 6.45) is -0.279. The minimum Gasteiger partial charge on any atom is -0.404 e. The van der Waals surface area contributed by atoms with E-state index in [1.165, 1.54) is 0 Å². The van der Waals surface area contributed by atoms with Crippen LogP contribution in [-0.2, 0) is 0 Å². The summed E-state index contributed by atoms with van der Waals surface area (Å²) in [6, 6.07) is 0. The van der Waals surface area contributed by atoms with Crippen molar-refractivity contribution in [2.75, 3.05) is 13.1 Å². The second kappa shape index (κ2) is 4.47. The Bertz CT molecular complexity index is 485. The van der Waals surface area contributed by atoms with Gasteiger partial charge in [0.15, 0.2) is 11.6 Å². The van der Waals surface area contributed by atoms with Gasteiger partial charge in [0.1, 0.15) is 0 Å². The van der Waals surface area contributed by atoms with Gasteiger partial charge >= 0.3 is 6.09 Å². The van der Waals surface area contributed by atoms with Crippen molar-refractivity contribution in [3.8, 4) is 5.75 Å². The predicted octanol–water partition coefficient (Wildman–Crippen LogP) is 2.76. The van der Waals surface area contributed by atoms with Crippen LogP contribution < -0.4 is 4.74 Å². The first-order chi connectivity index (χ1) is 8.43. The van der Waals surface area contributed by atoms with Crippen LogP contribution in [0.5, 0.6) is 5.75 Å². The predicted molar refractivity (Wildman–Crippen MR) is 53.2 cm³/mol. The molecule has 0 N–H and O–H groups in total. The minimum absolute atomic E-state index is 0.388. The van der Waals surface area contributed by atoms with Crippen molar-refractivity contribution in [2.45, 2.75) is 13.3 Å². The van der Waals surface area contributed by atoms with Gasteiger partial charge in [0, 0.05) is 18.7 Å². The van der Waals surface area contributed by atoms with E-state index in [2.05, 4.69) is 4.74 Å². The first-order valence-electron chi connectivity index (χ1n) is 5.22. The highest BCUT2D eigenvalue weighted by Crippen LogP contribution is 2.30. The monoisotopic (exact) mass is 263 g/mol. The Labute approximate surface area is 99.9 Å². The van der Waals surface area contributed by atoms with Crippen LogP contribution in [0.25, 0.3) is 0 Å². The largest absolute Gasteiger partial charge is 0.415 e. The number of benzene rings is 1. The summed E-state index contributed by atoms with van der Waals surface area (Å²) in [5, 5.41) is 0. The fourth-order valence-electron chi connectivity index (χ4n) is 1.46. The smallest absolute Gasteiger partial charge is 0.404 e. The van der Waals surface area contributed by atoms with Gasteiger partial charge in [-0.1, -0.05) is 0 Å². The molecule has 1 aliphatic rings. The molecule has 0 spiro atoms. The number of likely N-dealkylation sites (tertiary alicyclic amines) is 1. The van der Waals surface area contributed by atoms with Gasteiger partial charge in [-0.25, -0.2) is 13.6 Å². The Morgan fingerprint density at radius 2 is 1.56 bits per heavy atom. The van der Waals surface area contributed by atoms with Gasteiger partial charge in [-0.15, -0.1) is 0 Å². The van der Waals surface area contributed by atoms with Gasteiger partial charge in [-0.2, -0.15) is 8.78 Å². The van der Waals surface area contributed by atoms with Crippen molar-refractivity contribution in [3.05, 3.63) is 28.8 Å². The van der Waals surface area contributed by atoms with Crippen molar-refractivity contribution in [2.24, 2.45) is 0 Å². The summed E-state index contributed by atoms with van der Waals surface area (Å²) < 4.78 is 57.5. The first kappa shape index (κ1) is 12.7. The molecule has 1 aromatic carbocycles. The molecule has 1 aromatic rings. The summed E-state index contributed by atoms with van der Waals surface area (Å²) in [5.41, 5.74) is -0.797. The van der Waals surface area contributed by atoms with Crippen LogP contribution in [-0.4, -0.2) is 24.1 Å². The molecule has 0 saturated carbocycles. The van der Waals surface area contributed by atoms with Crippen molar-refractivity contribution >= 4 is 6.09 Å². The molecule has 0 bridgehead atoms. The maximum Gasteiger partial charge on any atom is 0.415 e. The zero-order valence-electron chi connectivity index (χ0n) is 9.40. The number of amides is 1. The van der Waals surface area contributed by atoms with E-state index in [-0.39, 0.29) is 0 Å². The normalized spacial score (nSPS) is 14.4. The maximum absolute atomic E-state index is 13.4. The summed E-state index contributed by atoms with van der Waals surface area (Å²) in [5.74, 6) is -7.89. The molecule has 18 heavy (non-hydrogen) atoms. The van der Waals surface area contributed by atoms with E-state index in [0.717, 1.165) is 18.2 Å². The van der Waals surface area contributed by atoms with Gasteiger partial charge in [0.25, 0.3) is 0 Å². The highest BCUT2D eigenvalue weighted by atomic mass is 19.2. The van der Waals surface area contributed by atoms with E-state index >= 15 is 0 Å². The molecule has 1 fully saturated rings. The SMILES string of the molecule is Cc1c(F)c(F)c(OC(=O)N2CCC2)c(F)c1F. The zero-order valence-corrected chi connectivity index (χ0v) is 9.40. The Hall–Kier alpha value is -1.79. The summed E-state index contributed by atoms with van der Waals surface area (Å²) in [4.78, 5) is 12.5. The Balaban J connectivity index is 2.35. The lowest BCUT2D eigenvalue weighted by Crippen LogP contribution is -2.43. The van der Waals surface area contributed by atoms with Crippen LogP contribution in [0.1, 0.15) is 12.0 Å². The lowest BCUT2D eigenvalue weighted by Gasteiger charge is -2.29. The standard InChI is InChI=1S/C11H9F4NO2/c1-5-6(12)8(14)10(9(15)7(5)13)18-11(17)16-3-2-4-16/h2-4H2,1H3. The van der Waals surface area contributed by atoms with Crippen LogP contribution in [0, 0.1) is 30.2 Å². The number of hydrogen-bond acceptors (Lipinski definition) is 2. The molecule has 3 nitrogen and oxygen atoms in total. The first-order valence-corrected chi connectivity index (χ1v) is 5.22. The van der Waals surface area contributed by atoms with Crippen LogP contribution in [0.4, 0.5) is 22.4 Å². The molecule has 0 aromatic heterocycles. The molecular formula is C11H9F4NO2. The third-order valence-electron chi connectivity index (χ3n) is 2.75. The quantitative estimate of drug-likeness (QED) is 0.576. The highest BCUT2D eigenvalue weighted by molar-refractivity contribution is 5.71. The number of nitrogens with zero attached hydrogens (tertiary/aromatic N) is 1.